The van der Waals surface area contributed by atoms with E-state index in [0.717, 1.165) is 18.2 Å². The number of hydrogen-bond donors (Lipinski definition) is 0. The third-order valence-corrected chi connectivity index (χ3v) is 2.72. The zero-order valence-corrected chi connectivity index (χ0v) is 10.8. The molecule has 22 heavy (non-hydrogen) atoms. The summed E-state index contributed by atoms with van der Waals surface area (Å²) in [4.78, 5) is 13.1. The molecular formula is C11H7F5N4O2. The molecule has 11 heteroatoms. The lowest BCUT2D eigenvalue weighted by atomic mass is 10.1. The predicted molar refractivity (Wildman–Crippen MR) is 63.1 cm³/mol. The van der Waals surface area contributed by atoms with Crippen LogP contribution in [0.15, 0.2) is 18.2 Å². The second kappa shape index (κ2) is 5.31. The number of aryl methyl sites for hydroxylation is 1. The first-order valence-electron chi connectivity index (χ1n) is 5.68. The van der Waals surface area contributed by atoms with Gasteiger partial charge in [-0.1, -0.05) is 0 Å². The van der Waals surface area contributed by atoms with E-state index in [1.54, 1.807) is 0 Å². The Kier molecular flexibility index (Phi) is 3.81. The third-order valence-electron chi connectivity index (χ3n) is 2.72. The molecule has 2 aromatic rings. The molecule has 6 nitrogen and oxygen atoms in total. The largest absolute Gasteiger partial charge is 0.453 e. The van der Waals surface area contributed by atoms with Crippen molar-refractivity contribution >= 4 is 5.69 Å². The first-order valence-corrected chi connectivity index (χ1v) is 5.68. The number of hydrogen-bond acceptors (Lipinski definition) is 4. The molecule has 0 atom stereocenters. The fraction of sp³-hybridized carbons (Fsp3) is 0.273. The molecule has 118 valence electrons. The standard InChI is InChI=1S/C11H7F5N4O2/c1-5-4-6(2-3-7(5)20(21)22)8-17-9(11(14,15)16)18-19(8)10(12)13/h2-4,10H,1H3. The molecule has 0 amide bonds. The van der Waals surface area contributed by atoms with Crippen LogP contribution in [0.5, 0.6) is 0 Å². The van der Waals surface area contributed by atoms with Gasteiger partial charge in [0.1, 0.15) is 0 Å². The van der Waals surface area contributed by atoms with E-state index in [2.05, 4.69) is 10.1 Å². The Bertz CT molecular complexity index is 726. The summed E-state index contributed by atoms with van der Waals surface area (Å²) in [5, 5.41) is 13.4. The van der Waals surface area contributed by atoms with Crippen LogP contribution >= 0.6 is 0 Å². The van der Waals surface area contributed by atoms with Crippen molar-refractivity contribution in [2.75, 3.05) is 0 Å². The van der Waals surface area contributed by atoms with Crippen molar-refractivity contribution in [3.8, 4) is 11.4 Å². The highest BCUT2D eigenvalue weighted by Gasteiger charge is 2.38. The Labute approximate surface area is 119 Å². The third kappa shape index (κ3) is 2.87. The highest BCUT2D eigenvalue weighted by Crippen LogP contribution is 2.32. The predicted octanol–water partition coefficient (Wildman–Crippen LogP) is 3.58. The minimum absolute atomic E-state index is 0.0971. The van der Waals surface area contributed by atoms with Gasteiger partial charge in [-0.2, -0.15) is 26.6 Å². The van der Waals surface area contributed by atoms with Crippen molar-refractivity contribution in [3.05, 3.63) is 39.7 Å². The Morgan fingerprint density at radius 3 is 2.41 bits per heavy atom. The van der Waals surface area contributed by atoms with Crippen LogP contribution in [0.4, 0.5) is 27.6 Å². The van der Waals surface area contributed by atoms with Gasteiger partial charge in [0.25, 0.3) is 11.5 Å². The number of rotatable bonds is 3. The highest BCUT2D eigenvalue weighted by molar-refractivity contribution is 5.60. The Balaban J connectivity index is 2.59. The van der Waals surface area contributed by atoms with Gasteiger partial charge in [-0.15, -0.1) is 5.10 Å². The first-order chi connectivity index (χ1) is 10.1. The minimum atomic E-state index is -4.98. The summed E-state index contributed by atoms with van der Waals surface area (Å²) in [5.74, 6) is -2.43. The van der Waals surface area contributed by atoms with Gasteiger partial charge < -0.3 is 0 Å². The van der Waals surface area contributed by atoms with Crippen LogP contribution in [-0.2, 0) is 6.18 Å². The summed E-state index contributed by atoms with van der Waals surface area (Å²) in [5.41, 5.74) is -0.325. The Morgan fingerprint density at radius 2 is 1.95 bits per heavy atom. The molecule has 1 aromatic carbocycles. The number of nitro benzene ring substituents is 1. The van der Waals surface area contributed by atoms with E-state index in [1.165, 1.54) is 6.92 Å². The van der Waals surface area contributed by atoms with Crippen molar-refractivity contribution in [3.63, 3.8) is 0 Å². The molecule has 0 aliphatic heterocycles. The van der Waals surface area contributed by atoms with Gasteiger partial charge in [-0.3, -0.25) is 10.1 Å². The maximum Gasteiger partial charge on any atom is 0.453 e. The quantitative estimate of drug-likeness (QED) is 0.492. The summed E-state index contributed by atoms with van der Waals surface area (Å²) in [6.07, 6.45) is -4.98. The van der Waals surface area contributed by atoms with Crippen LogP contribution in [0.3, 0.4) is 0 Å². The molecule has 1 heterocycles. The van der Waals surface area contributed by atoms with Crippen molar-refractivity contribution in [2.24, 2.45) is 0 Å². The number of nitrogens with zero attached hydrogens (tertiary/aromatic N) is 4. The van der Waals surface area contributed by atoms with E-state index in [0.29, 0.717) is 0 Å². The van der Waals surface area contributed by atoms with Crippen LogP contribution in [-0.4, -0.2) is 19.7 Å². The molecule has 0 fully saturated rings. The molecule has 0 saturated carbocycles. The zero-order valence-electron chi connectivity index (χ0n) is 10.8. The maximum absolute atomic E-state index is 12.8. The molecule has 2 rings (SSSR count). The lowest BCUT2D eigenvalue weighted by Crippen LogP contribution is -2.09. The Morgan fingerprint density at radius 1 is 1.32 bits per heavy atom. The van der Waals surface area contributed by atoms with Gasteiger partial charge in [0, 0.05) is 17.2 Å². The summed E-state index contributed by atoms with van der Waals surface area (Å²) in [7, 11) is 0. The average Bonchev–Trinajstić information content (AvgIpc) is 2.82. The van der Waals surface area contributed by atoms with E-state index in [1.807, 2.05) is 0 Å². The second-order valence-corrected chi connectivity index (χ2v) is 4.24. The maximum atomic E-state index is 12.8. The van der Waals surface area contributed by atoms with Gasteiger partial charge in [0.15, 0.2) is 5.82 Å². The molecule has 0 unspecified atom stereocenters. The van der Waals surface area contributed by atoms with Crippen LogP contribution in [0.25, 0.3) is 11.4 Å². The molecule has 1 aromatic heterocycles. The average molecular weight is 322 g/mol. The van der Waals surface area contributed by atoms with E-state index < -0.39 is 29.3 Å². The van der Waals surface area contributed by atoms with E-state index >= 15 is 0 Å². The van der Waals surface area contributed by atoms with Crippen molar-refractivity contribution in [2.45, 2.75) is 19.6 Å². The zero-order chi connectivity index (χ0) is 16.7. The van der Waals surface area contributed by atoms with E-state index in [4.69, 9.17) is 0 Å². The van der Waals surface area contributed by atoms with Crippen LogP contribution in [0, 0.1) is 17.0 Å². The van der Waals surface area contributed by atoms with Gasteiger partial charge in [-0.05, 0) is 19.1 Å². The first kappa shape index (κ1) is 15.8. The smallest absolute Gasteiger partial charge is 0.258 e. The fourth-order valence-electron chi connectivity index (χ4n) is 1.78. The lowest BCUT2D eigenvalue weighted by Gasteiger charge is -2.05. The molecule has 0 N–H and O–H groups in total. The van der Waals surface area contributed by atoms with Crippen LogP contribution in [0.2, 0.25) is 0 Å². The summed E-state index contributed by atoms with van der Waals surface area (Å²) in [6, 6.07) is 3.14. The van der Waals surface area contributed by atoms with Gasteiger partial charge in [0.2, 0.25) is 0 Å². The minimum Gasteiger partial charge on any atom is -0.258 e. The molecule has 0 aliphatic carbocycles. The number of aromatic nitrogens is 3. The van der Waals surface area contributed by atoms with Gasteiger partial charge >= 0.3 is 12.7 Å². The fourth-order valence-corrected chi connectivity index (χ4v) is 1.78. The van der Waals surface area contributed by atoms with Gasteiger partial charge in [0.05, 0.1) is 4.92 Å². The number of benzene rings is 1. The molecule has 0 spiro atoms. The molecule has 0 saturated heterocycles. The van der Waals surface area contributed by atoms with Gasteiger partial charge in [-0.25, -0.2) is 4.98 Å². The van der Waals surface area contributed by atoms with Crippen molar-refractivity contribution in [1.29, 1.82) is 0 Å². The lowest BCUT2D eigenvalue weighted by molar-refractivity contribution is -0.385. The highest BCUT2D eigenvalue weighted by atomic mass is 19.4. The molecular weight excluding hydrogens is 315 g/mol. The second-order valence-electron chi connectivity index (χ2n) is 4.24. The SMILES string of the molecule is Cc1cc(-c2nc(C(F)(F)F)nn2C(F)F)ccc1[N+](=O)[O-]. The molecule has 0 bridgehead atoms. The number of halogens is 5. The number of nitro groups is 1. The van der Waals surface area contributed by atoms with Crippen LogP contribution in [0.1, 0.15) is 17.9 Å². The Hall–Kier alpha value is -2.59. The number of alkyl halides is 5. The summed E-state index contributed by atoms with van der Waals surface area (Å²) >= 11 is 0. The van der Waals surface area contributed by atoms with E-state index in [-0.39, 0.29) is 21.5 Å². The van der Waals surface area contributed by atoms with E-state index in [9.17, 15) is 32.1 Å². The monoisotopic (exact) mass is 322 g/mol. The summed E-state index contributed by atoms with van der Waals surface area (Å²) in [6.45, 7) is -2.01. The summed E-state index contributed by atoms with van der Waals surface area (Å²) < 4.78 is 63.0. The van der Waals surface area contributed by atoms with Crippen LogP contribution < -0.4 is 0 Å². The normalized spacial score (nSPS) is 12.0. The van der Waals surface area contributed by atoms with Crippen molar-refractivity contribution in [1.82, 2.24) is 14.8 Å². The molecule has 0 aliphatic rings. The molecule has 0 radical (unpaired) electrons. The topological polar surface area (TPSA) is 73.8 Å². The van der Waals surface area contributed by atoms with Crippen molar-refractivity contribution < 1.29 is 26.9 Å².